The van der Waals surface area contributed by atoms with E-state index in [0.717, 1.165) is 19.0 Å². The fraction of sp³-hybridized carbons (Fsp3) is 0.400. The van der Waals surface area contributed by atoms with Crippen molar-refractivity contribution >= 4 is 11.9 Å². The third-order valence-electron chi connectivity index (χ3n) is 3.88. The number of pyridine rings is 1. The first-order chi connectivity index (χ1) is 10.7. The first kappa shape index (κ1) is 14.4. The maximum atomic E-state index is 12.6. The van der Waals surface area contributed by atoms with Gasteiger partial charge in [-0.05, 0) is 6.07 Å². The average Bonchev–Trinajstić information content (AvgIpc) is 3.00. The van der Waals surface area contributed by atoms with Gasteiger partial charge in [-0.2, -0.15) is 0 Å². The average molecular weight is 301 g/mol. The standard InChI is InChI=1S/C15H19N5O2/c1-18-6-5-17-15(18)20-9-7-19(8-10-20)14(21)12-3-4-16-11-13(12)22-2/h3-6,11H,7-10H2,1-2H3. The second-order valence-electron chi connectivity index (χ2n) is 5.19. The summed E-state index contributed by atoms with van der Waals surface area (Å²) in [6.07, 6.45) is 6.89. The summed E-state index contributed by atoms with van der Waals surface area (Å²) in [5, 5.41) is 0. The lowest BCUT2D eigenvalue weighted by Gasteiger charge is -2.35. The highest BCUT2D eigenvalue weighted by Crippen LogP contribution is 2.20. The van der Waals surface area contributed by atoms with Crippen LogP contribution in [0.1, 0.15) is 10.4 Å². The molecule has 0 spiro atoms. The van der Waals surface area contributed by atoms with Crippen molar-refractivity contribution in [2.75, 3.05) is 38.2 Å². The van der Waals surface area contributed by atoms with E-state index < -0.39 is 0 Å². The summed E-state index contributed by atoms with van der Waals surface area (Å²) in [5.41, 5.74) is 0.558. The van der Waals surface area contributed by atoms with Crippen molar-refractivity contribution in [1.29, 1.82) is 0 Å². The van der Waals surface area contributed by atoms with Crippen molar-refractivity contribution in [3.05, 3.63) is 36.4 Å². The number of carbonyl (C=O) groups excluding carboxylic acids is 1. The Morgan fingerprint density at radius 3 is 2.64 bits per heavy atom. The molecule has 2 aromatic rings. The summed E-state index contributed by atoms with van der Waals surface area (Å²) in [7, 11) is 3.52. The largest absolute Gasteiger partial charge is 0.494 e. The molecule has 0 aromatic carbocycles. The van der Waals surface area contributed by atoms with Crippen LogP contribution in [0.4, 0.5) is 5.95 Å². The summed E-state index contributed by atoms with van der Waals surface area (Å²) in [5.74, 6) is 1.44. The molecule has 0 radical (unpaired) electrons. The first-order valence-electron chi connectivity index (χ1n) is 7.20. The molecule has 0 saturated carbocycles. The molecule has 22 heavy (non-hydrogen) atoms. The fourth-order valence-electron chi connectivity index (χ4n) is 2.66. The number of ether oxygens (including phenoxy) is 1. The van der Waals surface area contributed by atoms with E-state index in [1.807, 2.05) is 22.7 Å². The van der Waals surface area contributed by atoms with Crippen LogP contribution in [-0.4, -0.2) is 58.6 Å². The first-order valence-corrected chi connectivity index (χ1v) is 7.20. The van der Waals surface area contributed by atoms with Crippen LogP contribution < -0.4 is 9.64 Å². The van der Waals surface area contributed by atoms with Crippen LogP contribution in [0.5, 0.6) is 5.75 Å². The van der Waals surface area contributed by atoms with E-state index in [2.05, 4.69) is 14.9 Å². The third-order valence-corrected chi connectivity index (χ3v) is 3.88. The quantitative estimate of drug-likeness (QED) is 0.838. The van der Waals surface area contributed by atoms with E-state index in [1.54, 1.807) is 31.8 Å². The zero-order valence-corrected chi connectivity index (χ0v) is 12.8. The number of aromatic nitrogens is 3. The van der Waals surface area contributed by atoms with Gasteiger partial charge in [0.1, 0.15) is 5.75 Å². The lowest BCUT2D eigenvalue weighted by Crippen LogP contribution is -2.49. The van der Waals surface area contributed by atoms with Gasteiger partial charge in [0.05, 0.1) is 18.9 Å². The molecule has 1 amide bonds. The number of imidazole rings is 1. The smallest absolute Gasteiger partial charge is 0.257 e. The highest BCUT2D eigenvalue weighted by atomic mass is 16.5. The fourth-order valence-corrected chi connectivity index (χ4v) is 2.66. The number of aryl methyl sites for hydroxylation is 1. The second-order valence-corrected chi connectivity index (χ2v) is 5.19. The van der Waals surface area contributed by atoms with Gasteiger partial charge in [0.2, 0.25) is 5.95 Å². The Balaban J connectivity index is 1.69. The van der Waals surface area contributed by atoms with Gasteiger partial charge in [-0.3, -0.25) is 9.78 Å². The Bertz CT molecular complexity index is 661. The van der Waals surface area contributed by atoms with Crippen molar-refractivity contribution < 1.29 is 9.53 Å². The molecule has 116 valence electrons. The Morgan fingerprint density at radius 2 is 2.00 bits per heavy atom. The van der Waals surface area contributed by atoms with Crippen molar-refractivity contribution in [3.8, 4) is 5.75 Å². The number of hydrogen-bond acceptors (Lipinski definition) is 5. The molecule has 2 aromatic heterocycles. The van der Waals surface area contributed by atoms with E-state index in [0.29, 0.717) is 24.4 Å². The van der Waals surface area contributed by atoms with Crippen LogP contribution in [0.2, 0.25) is 0 Å². The van der Waals surface area contributed by atoms with Gasteiger partial charge in [0.25, 0.3) is 5.91 Å². The summed E-state index contributed by atoms with van der Waals surface area (Å²) < 4.78 is 7.21. The minimum atomic E-state index is -0.0151. The predicted octanol–water partition coefficient (Wildman–Crippen LogP) is 0.786. The number of hydrogen-bond donors (Lipinski definition) is 0. The molecule has 7 nitrogen and oxygen atoms in total. The molecule has 1 aliphatic heterocycles. The monoisotopic (exact) mass is 301 g/mol. The molecule has 1 saturated heterocycles. The number of carbonyl (C=O) groups is 1. The molecule has 7 heteroatoms. The number of piperazine rings is 1. The van der Waals surface area contributed by atoms with Gasteiger partial charge in [-0.15, -0.1) is 0 Å². The molecule has 3 heterocycles. The van der Waals surface area contributed by atoms with Gasteiger partial charge in [-0.1, -0.05) is 0 Å². The van der Waals surface area contributed by atoms with Crippen LogP contribution in [-0.2, 0) is 7.05 Å². The minimum Gasteiger partial charge on any atom is -0.494 e. The number of amides is 1. The molecule has 0 unspecified atom stereocenters. The van der Waals surface area contributed by atoms with Gasteiger partial charge in [0.15, 0.2) is 0 Å². The zero-order chi connectivity index (χ0) is 15.5. The van der Waals surface area contributed by atoms with Crippen LogP contribution >= 0.6 is 0 Å². The van der Waals surface area contributed by atoms with E-state index in [1.165, 1.54) is 0 Å². The Hall–Kier alpha value is -2.57. The summed E-state index contributed by atoms with van der Waals surface area (Å²) in [6, 6.07) is 1.70. The lowest BCUT2D eigenvalue weighted by atomic mass is 10.2. The molecule has 1 aliphatic rings. The third kappa shape index (κ3) is 2.61. The highest BCUT2D eigenvalue weighted by molar-refractivity contribution is 5.96. The topological polar surface area (TPSA) is 63.5 Å². The van der Waals surface area contributed by atoms with Crippen molar-refractivity contribution in [1.82, 2.24) is 19.4 Å². The van der Waals surface area contributed by atoms with Gasteiger partial charge >= 0.3 is 0 Å². The van der Waals surface area contributed by atoms with Crippen LogP contribution in [0.25, 0.3) is 0 Å². The molecule has 1 fully saturated rings. The number of nitrogens with zero attached hydrogens (tertiary/aromatic N) is 5. The molecule has 0 atom stereocenters. The number of anilines is 1. The van der Waals surface area contributed by atoms with Gasteiger partial charge < -0.3 is 19.1 Å². The van der Waals surface area contributed by atoms with Crippen LogP contribution in [0.3, 0.4) is 0 Å². The van der Waals surface area contributed by atoms with E-state index in [-0.39, 0.29) is 5.91 Å². The highest BCUT2D eigenvalue weighted by Gasteiger charge is 2.25. The molecular formula is C15H19N5O2. The zero-order valence-electron chi connectivity index (χ0n) is 12.8. The van der Waals surface area contributed by atoms with Crippen molar-refractivity contribution in [2.45, 2.75) is 0 Å². The van der Waals surface area contributed by atoms with Gasteiger partial charge in [0, 0.05) is 51.8 Å². The summed E-state index contributed by atoms with van der Waals surface area (Å²) in [6.45, 7) is 2.86. The second kappa shape index (κ2) is 6.05. The normalized spacial score (nSPS) is 15.0. The summed E-state index contributed by atoms with van der Waals surface area (Å²) in [4.78, 5) is 25.0. The van der Waals surface area contributed by atoms with Crippen LogP contribution in [0, 0.1) is 0 Å². The Kier molecular flexibility index (Phi) is 3.95. The maximum absolute atomic E-state index is 12.6. The van der Waals surface area contributed by atoms with Crippen molar-refractivity contribution in [3.63, 3.8) is 0 Å². The molecule has 0 bridgehead atoms. The summed E-state index contributed by atoms with van der Waals surface area (Å²) >= 11 is 0. The molecule has 0 N–H and O–H groups in total. The van der Waals surface area contributed by atoms with Crippen LogP contribution in [0.15, 0.2) is 30.9 Å². The van der Waals surface area contributed by atoms with Gasteiger partial charge in [-0.25, -0.2) is 4.98 Å². The number of methoxy groups -OCH3 is 1. The van der Waals surface area contributed by atoms with Crippen molar-refractivity contribution in [2.24, 2.45) is 7.05 Å². The van der Waals surface area contributed by atoms with E-state index >= 15 is 0 Å². The number of rotatable bonds is 3. The van der Waals surface area contributed by atoms with E-state index in [4.69, 9.17) is 4.74 Å². The predicted molar refractivity (Wildman–Crippen MR) is 82.1 cm³/mol. The Morgan fingerprint density at radius 1 is 1.23 bits per heavy atom. The SMILES string of the molecule is COc1cnccc1C(=O)N1CCN(c2nccn2C)CC1. The molecule has 0 aliphatic carbocycles. The maximum Gasteiger partial charge on any atom is 0.257 e. The lowest BCUT2D eigenvalue weighted by molar-refractivity contribution is 0.0742. The van der Waals surface area contributed by atoms with E-state index in [9.17, 15) is 4.79 Å². The minimum absolute atomic E-state index is 0.0151. The molecule has 3 rings (SSSR count). The molecular weight excluding hydrogens is 282 g/mol. The Labute approximate surface area is 129 Å².